The minimum absolute atomic E-state index is 0.273. The molecular weight excluding hydrogens is 250 g/mol. The Labute approximate surface area is 124 Å². The Kier molecular flexibility index (Phi) is 7.52. The van der Waals surface area contributed by atoms with Gasteiger partial charge in [0.05, 0.1) is 5.54 Å². The lowest BCUT2D eigenvalue weighted by atomic mass is 9.92. The summed E-state index contributed by atoms with van der Waals surface area (Å²) in [5, 5.41) is 3.45. The lowest BCUT2D eigenvalue weighted by Crippen LogP contribution is -2.54. The number of hydrogen-bond acceptors (Lipinski definition) is 3. The van der Waals surface area contributed by atoms with Gasteiger partial charge in [-0.2, -0.15) is 0 Å². The number of amides is 1. The second-order valence-corrected chi connectivity index (χ2v) is 5.73. The monoisotopic (exact) mass is 283 g/mol. The normalized spacial score (nSPS) is 22.4. The van der Waals surface area contributed by atoms with Crippen molar-refractivity contribution in [3.8, 4) is 0 Å². The zero-order valence-corrected chi connectivity index (χ0v) is 13.9. The summed E-state index contributed by atoms with van der Waals surface area (Å²) >= 11 is 0. The van der Waals surface area contributed by atoms with Crippen LogP contribution in [-0.2, 0) is 4.79 Å². The molecule has 20 heavy (non-hydrogen) atoms. The molecule has 1 heterocycles. The van der Waals surface area contributed by atoms with E-state index in [-0.39, 0.29) is 5.54 Å². The van der Waals surface area contributed by atoms with Gasteiger partial charge in [0.1, 0.15) is 0 Å². The number of carbonyl (C=O) groups excluding carboxylic acids is 1. The van der Waals surface area contributed by atoms with Crippen LogP contribution in [0.2, 0.25) is 0 Å². The molecule has 1 fully saturated rings. The predicted molar refractivity (Wildman–Crippen MR) is 84.9 cm³/mol. The van der Waals surface area contributed by atoms with Gasteiger partial charge in [0.2, 0.25) is 5.91 Å². The summed E-state index contributed by atoms with van der Waals surface area (Å²) < 4.78 is 0. The Hall–Kier alpha value is -0.610. The molecule has 1 amide bonds. The standard InChI is InChI=1S/C16H33N3O/c1-5-16(11-9-12-17-16)15(20)19(8-4)14-10-13-18(6-2)7-3/h17H,5-14H2,1-4H3. The summed E-state index contributed by atoms with van der Waals surface area (Å²) in [6, 6.07) is 0. The first-order valence-electron chi connectivity index (χ1n) is 8.40. The van der Waals surface area contributed by atoms with Crippen molar-refractivity contribution in [1.29, 1.82) is 0 Å². The molecule has 1 rings (SSSR count). The van der Waals surface area contributed by atoms with Crippen LogP contribution in [0.25, 0.3) is 0 Å². The molecule has 0 saturated carbocycles. The van der Waals surface area contributed by atoms with Gasteiger partial charge in [-0.25, -0.2) is 0 Å². The second kappa shape index (κ2) is 8.63. The minimum Gasteiger partial charge on any atom is -0.341 e. The van der Waals surface area contributed by atoms with Crippen LogP contribution in [0.5, 0.6) is 0 Å². The largest absolute Gasteiger partial charge is 0.341 e. The molecule has 0 radical (unpaired) electrons. The predicted octanol–water partition coefficient (Wildman–Crippen LogP) is 2.10. The molecule has 0 spiro atoms. The van der Waals surface area contributed by atoms with Crippen molar-refractivity contribution in [2.75, 3.05) is 39.3 Å². The fourth-order valence-electron chi connectivity index (χ4n) is 3.17. The maximum atomic E-state index is 12.8. The summed E-state index contributed by atoms with van der Waals surface area (Å²) in [7, 11) is 0. The Morgan fingerprint density at radius 1 is 1.10 bits per heavy atom. The van der Waals surface area contributed by atoms with Crippen molar-refractivity contribution in [2.24, 2.45) is 0 Å². The zero-order valence-electron chi connectivity index (χ0n) is 13.9. The Morgan fingerprint density at radius 2 is 1.80 bits per heavy atom. The Bertz CT molecular complexity index is 283. The highest BCUT2D eigenvalue weighted by Gasteiger charge is 2.41. The quantitative estimate of drug-likeness (QED) is 0.704. The van der Waals surface area contributed by atoms with Crippen LogP contribution in [0.15, 0.2) is 0 Å². The molecule has 1 atom stereocenters. The van der Waals surface area contributed by atoms with E-state index in [2.05, 4.69) is 37.9 Å². The van der Waals surface area contributed by atoms with E-state index < -0.39 is 0 Å². The van der Waals surface area contributed by atoms with Gasteiger partial charge in [-0.05, 0) is 58.8 Å². The van der Waals surface area contributed by atoms with Gasteiger partial charge in [0.15, 0.2) is 0 Å². The summed E-state index contributed by atoms with van der Waals surface area (Å²) in [6.45, 7) is 14.6. The number of nitrogens with zero attached hydrogens (tertiary/aromatic N) is 2. The van der Waals surface area contributed by atoms with Crippen LogP contribution >= 0.6 is 0 Å². The first kappa shape index (κ1) is 17.4. The van der Waals surface area contributed by atoms with Crippen LogP contribution in [0.4, 0.5) is 0 Å². The average Bonchev–Trinajstić information content (AvgIpc) is 2.97. The number of hydrogen-bond donors (Lipinski definition) is 1. The molecule has 1 aliphatic heterocycles. The highest BCUT2D eigenvalue weighted by molar-refractivity contribution is 5.86. The van der Waals surface area contributed by atoms with Gasteiger partial charge in [-0.3, -0.25) is 4.79 Å². The first-order chi connectivity index (χ1) is 9.63. The average molecular weight is 283 g/mol. The molecule has 4 heteroatoms. The number of nitrogens with one attached hydrogen (secondary N) is 1. The van der Waals surface area contributed by atoms with E-state index in [0.29, 0.717) is 5.91 Å². The van der Waals surface area contributed by atoms with E-state index in [0.717, 1.165) is 65.0 Å². The van der Waals surface area contributed by atoms with Crippen molar-refractivity contribution in [1.82, 2.24) is 15.1 Å². The third-order valence-electron chi connectivity index (χ3n) is 4.72. The van der Waals surface area contributed by atoms with Crippen LogP contribution in [0.1, 0.15) is 53.4 Å². The van der Waals surface area contributed by atoms with Crippen molar-refractivity contribution in [3.63, 3.8) is 0 Å². The summed E-state index contributed by atoms with van der Waals surface area (Å²) in [5.74, 6) is 0.319. The summed E-state index contributed by atoms with van der Waals surface area (Å²) in [6.07, 6.45) is 4.09. The SMILES string of the molecule is CCN(CC)CCCN(CC)C(=O)C1(CC)CCCN1. The third kappa shape index (κ3) is 4.19. The molecule has 0 aromatic carbocycles. The van der Waals surface area contributed by atoms with Gasteiger partial charge in [-0.15, -0.1) is 0 Å². The maximum absolute atomic E-state index is 12.8. The number of likely N-dealkylation sites (N-methyl/N-ethyl adjacent to an activating group) is 1. The molecule has 1 saturated heterocycles. The molecular formula is C16H33N3O. The van der Waals surface area contributed by atoms with E-state index in [1.54, 1.807) is 0 Å². The van der Waals surface area contributed by atoms with Crippen LogP contribution in [0.3, 0.4) is 0 Å². The Morgan fingerprint density at radius 3 is 2.25 bits per heavy atom. The highest BCUT2D eigenvalue weighted by Crippen LogP contribution is 2.25. The van der Waals surface area contributed by atoms with Gasteiger partial charge in [0.25, 0.3) is 0 Å². The van der Waals surface area contributed by atoms with Gasteiger partial charge in [0, 0.05) is 13.1 Å². The zero-order chi connectivity index (χ0) is 15.0. The highest BCUT2D eigenvalue weighted by atomic mass is 16.2. The fourth-order valence-corrected chi connectivity index (χ4v) is 3.17. The van der Waals surface area contributed by atoms with Crippen molar-refractivity contribution < 1.29 is 4.79 Å². The van der Waals surface area contributed by atoms with Gasteiger partial charge < -0.3 is 15.1 Å². The number of rotatable bonds is 9. The Balaban J connectivity index is 2.50. The molecule has 4 nitrogen and oxygen atoms in total. The van der Waals surface area contributed by atoms with E-state index in [1.807, 2.05) is 4.90 Å². The maximum Gasteiger partial charge on any atom is 0.242 e. The van der Waals surface area contributed by atoms with Crippen LogP contribution in [0, 0.1) is 0 Å². The van der Waals surface area contributed by atoms with Crippen molar-refractivity contribution >= 4 is 5.91 Å². The lowest BCUT2D eigenvalue weighted by molar-refractivity contribution is -0.138. The molecule has 118 valence electrons. The lowest BCUT2D eigenvalue weighted by Gasteiger charge is -2.34. The van der Waals surface area contributed by atoms with Gasteiger partial charge in [-0.1, -0.05) is 20.8 Å². The summed E-state index contributed by atoms with van der Waals surface area (Å²) in [4.78, 5) is 17.3. The molecule has 1 unspecified atom stereocenters. The second-order valence-electron chi connectivity index (χ2n) is 5.73. The smallest absolute Gasteiger partial charge is 0.242 e. The molecule has 0 aromatic heterocycles. The topological polar surface area (TPSA) is 35.6 Å². The molecule has 0 aromatic rings. The van der Waals surface area contributed by atoms with Crippen molar-refractivity contribution in [2.45, 2.75) is 58.9 Å². The molecule has 1 aliphatic rings. The number of carbonyl (C=O) groups is 1. The first-order valence-corrected chi connectivity index (χ1v) is 8.40. The van der Waals surface area contributed by atoms with E-state index in [1.165, 1.54) is 0 Å². The third-order valence-corrected chi connectivity index (χ3v) is 4.72. The van der Waals surface area contributed by atoms with E-state index in [4.69, 9.17) is 0 Å². The van der Waals surface area contributed by atoms with Crippen LogP contribution < -0.4 is 5.32 Å². The van der Waals surface area contributed by atoms with Gasteiger partial charge >= 0.3 is 0 Å². The minimum atomic E-state index is -0.273. The van der Waals surface area contributed by atoms with E-state index >= 15 is 0 Å². The summed E-state index contributed by atoms with van der Waals surface area (Å²) in [5.41, 5.74) is -0.273. The molecule has 1 N–H and O–H groups in total. The van der Waals surface area contributed by atoms with Crippen LogP contribution in [-0.4, -0.2) is 60.5 Å². The molecule has 0 bridgehead atoms. The molecule has 0 aliphatic carbocycles. The van der Waals surface area contributed by atoms with Crippen molar-refractivity contribution in [3.05, 3.63) is 0 Å². The van der Waals surface area contributed by atoms with E-state index in [9.17, 15) is 4.79 Å². The fraction of sp³-hybridized carbons (Fsp3) is 0.938.